The second-order valence-electron chi connectivity index (χ2n) is 6.35. The average molecular weight is 298 g/mol. The smallest absolute Gasteiger partial charge is 0.231 e. The van der Waals surface area contributed by atoms with E-state index in [-0.39, 0.29) is 0 Å². The first-order valence-corrected chi connectivity index (χ1v) is 7.99. The molecule has 0 N–H and O–H groups in total. The van der Waals surface area contributed by atoms with Crippen LogP contribution in [0.3, 0.4) is 0 Å². The van der Waals surface area contributed by atoms with Crippen LogP contribution >= 0.6 is 0 Å². The standard InChI is InChI=1S/C10H12O2.C10H14/c1-7(2)8-3-4-9-10(5-8)12-6-11-9;1-9(2)8-10-6-4-3-5-7-10/h3-5,7H,6H2,1-2H3;3-7,9H,8H2,1-2H3. The lowest BCUT2D eigenvalue weighted by Crippen LogP contribution is -1.93. The highest BCUT2D eigenvalue weighted by atomic mass is 16.7. The van der Waals surface area contributed by atoms with Crippen LogP contribution in [0, 0.1) is 5.92 Å². The zero-order valence-corrected chi connectivity index (χ0v) is 14.0. The number of fused-ring (bicyclic) bond motifs is 1. The van der Waals surface area contributed by atoms with Crippen molar-refractivity contribution in [1.82, 2.24) is 0 Å². The van der Waals surface area contributed by atoms with Gasteiger partial charge in [0.2, 0.25) is 6.79 Å². The molecule has 0 spiro atoms. The normalized spacial score (nSPS) is 12.3. The molecule has 0 atom stereocenters. The summed E-state index contributed by atoms with van der Waals surface area (Å²) in [5.74, 6) is 3.04. The van der Waals surface area contributed by atoms with Crippen LogP contribution in [0.1, 0.15) is 44.7 Å². The highest BCUT2D eigenvalue weighted by molar-refractivity contribution is 5.45. The molecule has 2 heteroatoms. The van der Waals surface area contributed by atoms with Gasteiger partial charge in [0, 0.05) is 0 Å². The first kappa shape index (κ1) is 16.4. The molecule has 0 unspecified atom stereocenters. The van der Waals surface area contributed by atoms with Gasteiger partial charge in [-0.25, -0.2) is 0 Å². The fourth-order valence-corrected chi connectivity index (χ4v) is 2.36. The number of benzene rings is 2. The molecule has 0 aliphatic carbocycles. The maximum atomic E-state index is 5.27. The summed E-state index contributed by atoms with van der Waals surface area (Å²) < 4.78 is 10.5. The second-order valence-corrected chi connectivity index (χ2v) is 6.35. The lowest BCUT2D eigenvalue weighted by molar-refractivity contribution is 0.174. The van der Waals surface area contributed by atoms with Gasteiger partial charge in [-0.1, -0.05) is 64.1 Å². The van der Waals surface area contributed by atoms with E-state index >= 15 is 0 Å². The molecule has 0 aromatic heterocycles. The Bertz CT molecular complexity index is 574. The molecule has 3 rings (SSSR count). The third-order valence-electron chi connectivity index (χ3n) is 3.55. The zero-order chi connectivity index (χ0) is 15.9. The van der Waals surface area contributed by atoms with E-state index in [0.29, 0.717) is 12.7 Å². The summed E-state index contributed by atoms with van der Waals surface area (Å²) in [6.45, 7) is 9.17. The molecule has 0 radical (unpaired) electrons. The highest BCUT2D eigenvalue weighted by Crippen LogP contribution is 2.34. The molecule has 0 saturated heterocycles. The molecule has 1 heterocycles. The van der Waals surface area contributed by atoms with Crippen molar-refractivity contribution < 1.29 is 9.47 Å². The lowest BCUT2D eigenvalue weighted by atomic mass is 10.0. The monoisotopic (exact) mass is 298 g/mol. The van der Waals surface area contributed by atoms with Crippen molar-refractivity contribution in [2.24, 2.45) is 5.92 Å². The molecule has 0 fully saturated rings. The van der Waals surface area contributed by atoms with Gasteiger partial charge in [0.25, 0.3) is 0 Å². The van der Waals surface area contributed by atoms with Crippen molar-refractivity contribution >= 4 is 0 Å². The summed E-state index contributed by atoms with van der Waals surface area (Å²) >= 11 is 0. The van der Waals surface area contributed by atoms with E-state index in [1.165, 1.54) is 17.5 Å². The van der Waals surface area contributed by atoms with E-state index in [1.54, 1.807) is 0 Å². The Morgan fingerprint density at radius 2 is 1.55 bits per heavy atom. The minimum absolute atomic E-state index is 0.358. The predicted molar refractivity (Wildman–Crippen MR) is 91.6 cm³/mol. The molecule has 2 aromatic rings. The van der Waals surface area contributed by atoms with E-state index in [9.17, 15) is 0 Å². The Labute approximate surface area is 134 Å². The van der Waals surface area contributed by atoms with Crippen molar-refractivity contribution in [3.8, 4) is 11.5 Å². The second kappa shape index (κ2) is 7.88. The SMILES string of the molecule is CC(C)Cc1ccccc1.CC(C)c1ccc2c(c1)OCO2. The Morgan fingerprint density at radius 1 is 0.864 bits per heavy atom. The molecular formula is C20H26O2. The Kier molecular flexibility index (Phi) is 5.88. The van der Waals surface area contributed by atoms with Gasteiger partial charge in [-0.05, 0) is 41.5 Å². The van der Waals surface area contributed by atoms with Gasteiger partial charge in [-0.2, -0.15) is 0 Å². The molecule has 0 bridgehead atoms. The van der Waals surface area contributed by atoms with Crippen molar-refractivity contribution in [2.75, 3.05) is 6.79 Å². The Hall–Kier alpha value is -1.96. The number of hydrogen-bond acceptors (Lipinski definition) is 2. The molecule has 0 saturated carbocycles. The highest BCUT2D eigenvalue weighted by Gasteiger charge is 2.13. The number of ether oxygens (including phenoxy) is 2. The van der Waals surface area contributed by atoms with Gasteiger partial charge in [0.05, 0.1) is 0 Å². The summed E-state index contributed by atoms with van der Waals surface area (Å²) in [7, 11) is 0. The van der Waals surface area contributed by atoms with Crippen molar-refractivity contribution in [1.29, 1.82) is 0 Å². The van der Waals surface area contributed by atoms with Crippen molar-refractivity contribution in [3.05, 3.63) is 59.7 Å². The van der Waals surface area contributed by atoms with E-state index in [4.69, 9.17) is 9.47 Å². The molecule has 22 heavy (non-hydrogen) atoms. The number of hydrogen-bond donors (Lipinski definition) is 0. The summed E-state index contributed by atoms with van der Waals surface area (Å²) in [6, 6.07) is 16.7. The molecule has 1 aliphatic rings. The van der Waals surface area contributed by atoms with Gasteiger partial charge >= 0.3 is 0 Å². The Morgan fingerprint density at radius 3 is 2.18 bits per heavy atom. The van der Waals surface area contributed by atoms with Crippen LogP contribution in [0.4, 0.5) is 0 Å². The summed E-state index contributed by atoms with van der Waals surface area (Å²) in [4.78, 5) is 0. The minimum atomic E-state index is 0.358. The van der Waals surface area contributed by atoms with Crippen molar-refractivity contribution in [2.45, 2.75) is 40.0 Å². The van der Waals surface area contributed by atoms with Gasteiger partial charge in [0.15, 0.2) is 11.5 Å². The summed E-state index contributed by atoms with van der Waals surface area (Å²) in [6.07, 6.45) is 1.20. The molecule has 2 nitrogen and oxygen atoms in total. The molecule has 0 amide bonds. The first-order chi connectivity index (χ1) is 10.6. The maximum Gasteiger partial charge on any atom is 0.231 e. The summed E-state index contributed by atoms with van der Waals surface area (Å²) in [5.41, 5.74) is 2.73. The molecule has 1 aliphatic heterocycles. The van der Waals surface area contributed by atoms with E-state index in [1.807, 2.05) is 12.1 Å². The van der Waals surface area contributed by atoms with Crippen LogP contribution in [0.5, 0.6) is 11.5 Å². The van der Waals surface area contributed by atoms with Crippen LogP contribution in [0.2, 0.25) is 0 Å². The topological polar surface area (TPSA) is 18.5 Å². The quantitative estimate of drug-likeness (QED) is 0.753. The van der Waals surface area contributed by atoms with Gasteiger partial charge in [-0.3, -0.25) is 0 Å². The zero-order valence-electron chi connectivity index (χ0n) is 14.0. The van der Waals surface area contributed by atoms with Gasteiger partial charge in [0.1, 0.15) is 0 Å². The fraction of sp³-hybridized carbons (Fsp3) is 0.400. The van der Waals surface area contributed by atoms with Crippen LogP contribution in [-0.4, -0.2) is 6.79 Å². The van der Waals surface area contributed by atoms with Crippen molar-refractivity contribution in [3.63, 3.8) is 0 Å². The third kappa shape index (κ3) is 4.80. The van der Waals surface area contributed by atoms with E-state index < -0.39 is 0 Å². The van der Waals surface area contributed by atoms with Crippen LogP contribution < -0.4 is 9.47 Å². The van der Waals surface area contributed by atoms with Crippen LogP contribution in [-0.2, 0) is 6.42 Å². The average Bonchev–Trinajstić information content (AvgIpc) is 2.95. The Balaban J connectivity index is 0.000000164. The maximum absolute atomic E-state index is 5.27. The molecule has 2 aromatic carbocycles. The summed E-state index contributed by atoms with van der Waals surface area (Å²) in [5, 5.41) is 0. The molecular weight excluding hydrogens is 272 g/mol. The third-order valence-corrected chi connectivity index (χ3v) is 3.55. The molecule has 118 valence electrons. The van der Waals surface area contributed by atoms with Gasteiger partial charge < -0.3 is 9.47 Å². The van der Waals surface area contributed by atoms with E-state index in [0.717, 1.165) is 17.4 Å². The van der Waals surface area contributed by atoms with Crippen LogP contribution in [0.25, 0.3) is 0 Å². The largest absolute Gasteiger partial charge is 0.454 e. The predicted octanol–water partition coefficient (Wildman–Crippen LogP) is 5.42. The minimum Gasteiger partial charge on any atom is -0.454 e. The number of rotatable bonds is 3. The van der Waals surface area contributed by atoms with Gasteiger partial charge in [-0.15, -0.1) is 0 Å². The fourth-order valence-electron chi connectivity index (χ4n) is 2.36. The van der Waals surface area contributed by atoms with Crippen LogP contribution in [0.15, 0.2) is 48.5 Å². The van der Waals surface area contributed by atoms with E-state index in [2.05, 4.69) is 64.1 Å². The lowest BCUT2D eigenvalue weighted by Gasteiger charge is -2.05. The first-order valence-electron chi connectivity index (χ1n) is 7.99.